The maximum Gasteiger partial charge on any atom is 0.248 e. The van der Waals surface area contributed by atoms with Crippen LogP contribution in [0.3, 0.4) is 0 Å². The smallest absolute Gasteiger partial charge is 0.248 e. The summed E-state index contributed by atoms with van der Waals surface area (Å²) in [6, 6.07) is 6.85. The number of amides is 2. The number of hydrogen-bond acceptors (Lipinski definition) is 6. The summed E-state index contributed by atoms with van der Waals surface area (Å²) < 4.78 is 2.07. The molecular formula is C21H19BrN6O3. The van der Waals surface area contributed by atoms with Crippen LogP contribution >= 0.6 is 15.9 Å². The van der Waals surface area contributed by atoms with E-state index in [0.29, 0.717) is 28.5 Å². The molecule has 2 aliphatic rings. The van der Waals surface area contributed by atoms with Gasteiger partial charge in [0.25, 0.3) is 0 Å². The predicted molar refractivity (Wildman–Crippen MR) is 115 cm³/mol. The highest BCUT2D eigenvalue weighted by Gasteiger charge is 2.56. The highest BCUT2D eigenvalue weighted by Crippen LogP contribution is 2.48. The molecule has 0 bridgehead atoms. The van der Waals surface area contributed by atoms with Gasteiger partial charge in [-0.1, -0.05) is 18.2 Å². The van der Waals surface area contributed by atoms with Crippen LogP contribution in [-0.2, 0) is 16.1 Å². The lowest BCUT2D eigenvalue weighted by Crippen LogP contribution is -2.46. The van der Waals surface area contributed by atoms with Crippen LogP contribution in [0.5, 0.6) is 0 Å². The number of carbonyl (C=O) groups is 3. The number of nitrogens with zero attached hydrogens (tertiary/aromatic N) is 5. The van der Waals surface area contributed by atoms with E-state index in [1.54, 1.807) is 9.58 Å². The maximum atomic E-state index is 13.3. The Morgan fingerprint density at radius 3 is 2.77 bits per heavy atom. The number of anilines is 1. The molecule has 1 saturated heterocycles. The number of halogens is 1. The number of likely N-dealkylation sites (tertiary alicyclic amines) is 1. The van der Waals surface area contributed by atoms with Gasteiger partial charge in [0.05, 0.1) is 17.9 Å². The Balaban J connectivity index is 1.38. The Labute approximate surface area is 186 Å². The summed E-state index contributed by atoms with van der Waals surface area (Å²) in [7, 11) is 0. The number of rotatable bonds is 5. The molecule has 3 aromatic rings. The third-order valence-corrected chi connectivity index (χ3v) is 6.21. The summed E-state index contributed by atoms with van der Waals surface area (Å²) in [5, 5.41) is 7.86. The second kappa shape index (κ2) is 7.52. The SMILES string of the molecule is CC(=O)c1nn(CC(=O)N2C3C[C@@H]3C[C@H]2C(=O)Nc2cncc(Br)n2)c2ccccc12. The lowest BCUT2D eigenvalue weighted by atomic mass is 10.1. The Hall–Kier alpha value is -3.14. The molecule has 1 saturated carbocycles. The highest BCUT2D eigenvalue weighted by molar-refractivity contribution is 9.10. The molecule has 9 nitrogen and oxygen atoms in total. The van der Waals surface area contributed by atoms with Gasteiger partial charge in [0.15, 0.2) is 11.6 Å². The zero-order valence-corrected chi connectivity index (χ0v) is 18.2. The van der Waals surface area contributed by atoms with E-state index >= 15 is 0 Å². The van der Waals surface area contributed by atoms with Gasteiger partial charge in [-0.2, -0.15) is 5.10 Å². The Morgan fingerprint density at radius 2 is 2.00 bits per heavy atom. The van der Waals surface area contributed by atoms with Gasteiger partial charge in [-0.3, -0.25) is 24.0 Å². The van der Waals surface area contributed by atoms with Crippen LogP contribution in [0.25, 0.3) is 10.9 Å². The average Bonchev–Trinajstić information content (AvgIpc) is 3.24. The van der Waals surface area contributed by atoms with Crippen LogP contribution in [0.1, 0.15) is 30.3 Å². The number of fused-ring (bicyclic) bond motifs is 2. The number of aromatic nitrogens is 4. The number of para-hydroxylation sites is 1. The summed E-state index contributed by atoms with van der Waals surface area (Å²) >= 11 is 3.23. The third-order valence-electron chi connectivity index (χ3n) is 5.83. The first kappa shape index (κ1) is 19.8. The van der Waals surface area contributed by atoms with Crippen molar-refractivity contribution < 1.29 is 14.4 Å². The van der Waals surface area contributed by atoms with E-state index in [9.17, 15) is 14.4 Å². The summed E-state index contributed by atoms with van der Waals surface area (Å²) in [6.07, 6.45) is 4.52. The Morgan fingerprint density at radius 1 is 1.19 bits per heavy atom. The second-order valence-corrected chi connectivity index (χ2v) is 8.72. The molecule has 2 amide bonds. The monoisotopic (exact) mass is 482 g/mol. The zero-order chi connectivity index (χ0) is 21.7. The number of nitrogens with one attached hydrogen (secondary N) is 1. The van der Waals surface area contributed by atoms with Crippen molar-refractivity contribution in [3.8, 4) is 0 Å². The average molecular weight is 483 g/mol. The minimum absolute atomic E-state index is 0.0303. The molecule has 31 heavy (non-hydrogen) atoms. The van der Waals surface area contributed by atoms with E-state index in [-0.39, 0.29) is 30.2 Å². The molecule has 2 fully saturated rings. The van der Waals surface area contributed by atoms with Gasteiger partial charge in [-0.25, -0.2) is 4.98 Å². The van der Waals surface area contributed by atoms with Crippen LogP contribution in [0.15, 0.2) is 41.3 Å². The molecule has 3 heterocycles. The van der Waals surface area contributed by atoms with Crippen molar-refractivity contribution in [2.24, 2.45) is 5.92 Å². The quantitative estimate of drug-likeness (QED) is 0.559. The minimum Gasteiger partial charge on any atom is -0.326 e. The van der Waals surface area contributed by atoms with Crippen molar-refractivity contribution in [1.82, 2.24) is 24.6 Å². The molecule has 1 aromatic carbocycles. The van der Waals surface area contributed by atoms with Gasteiger partial charge >= 0.3 is 0 Å². The number of benzene rings is 1. The fraction of sp³-hybridized carbons (Fsp3) is 0.333. The van der Waals surface area contributed by atoms with E-state index in [0.717, 1.165) is 17.3 Å². The van der Waals surface area contributed by atoms with E-state index in [2.05, 4.69) is 36.3 Å². The topological polar surface area (TPSA) is 110 Å². The highest BCUT2D eigenvalue weighted by atomic mass is 79.9. The van der Waals surface area contributed by atoms with Crippen molar-refractivity contribution >= 4 is 50.2 Å². The molecule has 1 unspecified atom stereocenters. The van der Waals surface area contributed by atoms with Crippen LogP contribution in [0.4, 0.5) is 5.82 Å². The van der Waals surface area contributed by atoms with E-state index < -0.39 is 6.04 Å². The van der Waals surface area contributed by atoms with E-state index in [1.165, 1.54) is 19.3 Å². The van der Waals surface area contributed by atoms with Crippen molar-refractivity contribution in [3.05, 3.63) is 47.0 Å². The lowest BCUT2D eigenvalue weighted by Gasteiger charge is -2.26. The van der Waals surface area contributed by atoms with Crippen LogP contribution in [0.2, 0.25) is 0 Å². The van der Waals surface area contributed by atoms with E-state index in [4.69, 9.17) is 0 Å². The van der Waals surface area contributed by atoms with Gasteiger partial charge in [-0.05, 0) is 40.8 Å². The van der Waals surface area contributed by atoms with E-state index in [1.807, 2.05) is 24.3 Å². The minimum atomic E-state index is -0.564. The normalized spacial score (nSPS) is 21.7. The first-order chi connectivity index (χ1) is 14.9. The lowest BCUT2D eigenvalue weighted by molar-refractivity contribution is -0.138. The molecule has 158 valence electrons. The predicted octanol–water partition coefficient (Wildman–Crippen LogP) is 2.42. The van der Waals surface area contributed by atoms with Crippen LogP contribution in [0, 0.1) is 5.92 Å². The maximum absolute atomic E-state index is 13.3. The number of hydrogen-bond donors (Lipinski definition) is 1. The Bertz CT molecular complexity index is 1220. The largest absolute Gasteiger partial charge is 0.326 e. The molecule has 5 rings (SSSR count). The standard InChI is InChI=1S/C21H19BrN6O3/c1-11(29)20-13-4-2-3-5-14(13)27(26-20)10-19(30)28-15-6-12(15)7-16(28)21(31)25-18-9-23-8-17(22)24-18/h2-5,8-9,12,15-16H,6-7,10H2,1H3,(H,24,25,31)/t12-,15?,16+/m1/s1. The summed E-state index contributed by atoms with van der Waals surface area (Å²) in [6.45, 7) is 1.43. The summed E-state index contributed by atoms with van der Waals surface area (Å²) in [5.41, 5.74) is 1.06. The molecule has 1 N–H and O–H groups in total. The van der Waals surface area contributed by atoms with Crippen molar-refractivity contribution in [3.63, 3.8) is 0 Å². The van der Waals surface area contributed by atoms with Crippen molar-refractivity contribution in [2.75, 3.05) is 5.32 Å². The molecule has 2 aromatic heterocycles. The van der Waals surface area contributed by atoms with Gasteiger partial charge in [-0.15, -0.1) is 0 Å². The molecule has 10 heteroatoms. The van der Waals surface area contributed by atoms with Gasteiger partial charge in [0.1, 0.15) is 22.9 Å². The van der Waals surface area contributed by atoms with Crippen molar-refractivity contribution in [2.45, 2.75) is 38.4 Å². The molecule has 0 spiro atoms. The van der Waals surface area contributed by atoms with Gasteiger partial charge < -0.3 is 10.2 Å². The Kier molecular flexibility index (Phi) is 4.81. The molecule has 3 atom stereocenters. The fourth-order valence-electron chi connectivity index (χ4n) is 4.38. The van der Waals surface area contributed by atoms with Gasteiger partial charge in [0.2, 0.25) is 11.8 Å². The molecule has 1 aliphatic carbocycles. The number of piperidine rings is 1. The molecule has 1 aliphatic heterocycles. The molecule has 0 radical (unpaired) electrons. The number of carbonyl (C=O) groups excluding carboxylic acids is 3. The summed E-state index contributed by atoms with van der Waals surface area (Å²) in [4.78, 5) is 48.0. The number of ketones is 1. The third kappa shape index (κ3) is 3.60. The first-order valence-electron chi connectivity index (χ1n) is 9.98. The summed E-state index contributed by atoms with van der Waals surface area (Å²) in [5.74, 6) is 0.0571. The molecular weight excluding hydrogens is 464 g/mol. The second-order valence-electron chi connectivity index (χ2n) is 7.91. The zero-order valence-electron chi connectivity index (χ0n) is 16.7. The van der Waals surface area contributed by atoms with Crippen LogP contribution < -0.4 is 5.32 Å². The number of Topliss-reactive ketones (excluding diaryl/α,β-unsaturated/α-hetero) is 1. The van der Waals surface area contributed by atoms with Gasteiger partial charge in [0, 0.05) is 18.4 Å². The van der Waals surface area contributed by atoms with Crippen molar-refractivity contribution in [1.29, 1.82) is 0 Å². The fourth-order valence-corrected chi connectivity index (χ4v) is 4.69. The first-order valence-corrected chi connectivity index (χ1v) is 10.8. The van der Waals surface area contributed by atoms with Crippen LogP contribution in [-0.4, -0.2) is 54.3 Å².